The molecule has 0 radical (unpaired) electrons. The molecular formula is C17H18N4S. The Kier molecular flexibility index (Phi) is 3.81. The fraction of sp³-hybridized carbons (Fsp3) is 0.176. The van der Waals surface area contributed by atoms with E-state index in [0.717, 1.165) is 28.1 Å². The maximum absolute atomic E-state index is 5.46. The second-order valence-electron chi connectivity index (χ2n) is 5.58. The third-order valence-electron chi connectivity index (χ3n) is 3.60. The first kappa shape index (κ1) is 14.5. The van der Waals surface area contributed by atoms with Crippen LogP contribution in [0.15, 0.2) is 42.5 Å². The van der Waals surface area contributed by atoms with Crippen LogP contribution in [0.25, 0.3) is 22.4 Å². The van der Waals surface area contributed by atoms with Gasteiger partial charge in [-0.15, -0.1) is 0 Å². The van der Waals surface area contributed by atoms with Crippen molar-refractivity contribution in [3.63, 3.8) is 0 Å². The summed E-state index contributed by atoms with van der Waals surface area (Å²) in [6.07, 6.45) is 0. The van der Waals surface area contributed by atoms with Gasteiger partial charge < -0.3 is 16.0 Å². The molecule has 0 aliphatic carbocycles. The monoisotopic (exact) mass is 310 g/mol. The first-order chi connectivity index (χ1) is 10.5. The summed E-state index contributed by atoms with van der Waals surface area (Å²) in [4.78, 5) is 8.03. The average Bonchev–Trinajstić information content (AvgIpc) is 2.90. The number of H-pyrrole nitrogens is 1. The van der Waals surface area contributed by atoms with E-state index in [-0.39, 0.29) is 5.11 Å². The van der Waals surface area contributed by atoms with Crippen molar-refractivity contribution < 1.29 is 0 Å². The minimum absolute atomic E-state index is 0.262. The van der Waals surface area contributed by atoms with Crippen molar-refractivity contribution in [2.24, 2.45) is 5.73 Å². The van der Waals surface area contributed by atoms with Gasteiger partial charge in [-0.05, 0) is 60.1 Å². The van der Waals surface area contributed by atoms with E-state index < -0.39 is 0 Å². The molecule has 1 heterocycles. The van der Waals surface area contributed by atoms with Crippen LogP contribution in [0.1, 0.15) is 25.3 Å². The van der Waals surface area contributed by atoms with Crippen molar-refractivity contribution in [2.45, 2.75) is 19.8 Å². The number of fused-ring (bicyclic) bond motifs is 1. The minimum Gasteiger partial charge on any atom is -0.376 e. The number of nitrogens with one attached hydrogen (secondary N) is 2. The van der Waals surface area contributed by atoms with Gasteiger partial charge in [0.05, 0.1) is 11.0 Å². The van der Waals surface area contributed by atoms with Crippen molar-refractivity contribution >= 4 is 34.1 Å². The molecule has 0 unspecified atom stereocenters. The van der Waals surface area contributed by atoms with Gasteiger partial charge >= 0.3 is 0 Å². The smallest absolute Gasteiger partial charge is 0.168 e. The van der Waals surface area contributed by atoms with Crippen LogP contribution < -0.4 is 11.1 Å². The zero-order chi connectivity index (χ0) is 15.7. The summed E-state index contributed by atoms with van der Waals surface area (Å²) < 4.78 is 0. The standard InChI is InChI=1S/C17H18N4S/c1-10(2)12-5-8-14-15(9-12)21-16(20-14)11-3-6-13(7-4-11)19-17(18)22/h3-10H,1-2H3,(H,20,21)(H3,18,19,22). The molecule has 3 aromatic rings. The molecule has 0 saturated carbocycles. The predicted molar refractivity (Wildman–Crippen MR) is 96.0 cm³/mol. The van der Waals surface area contributed by atoms with Crippen LogP contribution in [0.2, 0.25) is 0 Å². The van der Waals surface area contributed by atoms with Crippen molar-refractivity contribution in [1.29, 1.82) is 0 Å². The Morgan fingerprint density at radius 2 is 1.91 bits per heavy atom. The van der Waals surface area contributed by atoms with Gasteiger partial charge in [-0.25, -0.2) is 4.98 Å². The van der Waals surface area contributed by atoms with Gasteiger partial charge in [-0.3, -0.25) is 0 Å². The van der Waals surface area contributed by atoms with Gasteiger partial charge in [0.15, 0.2) is 5.11 Å². The highest BCUT2D eigenvalue weighted by molar-refractivity contribution is 7.80. The molecule has 4 N–H and O–H groups in total. The lowest BCUT2D eigenvalue weighted by atomic mass is 10.0. The number of thiocarbonyl (C=S) groups is 1. The first-order valence-corrected chi connectivity index (χ1v) is 7.60. The molecule has 3 rings (SSSR count). The summed E-state index contributed by atoms with van der Waals surface area (Å²) in [5.74, 6) is 1.36. The highest BCUT2D eigenvalue weighted by atomic mass is 32.1. The van der Waals surface area contributed by atoms with E-state index in [4.69, 9.17) is 18.0 Å². The Morgan fingerprint density at radius 1 is 1.18 bits per heavy atom. The molecule has 4 nitrogen and oxygen atoms in total. The molecule has 0 aliphatic heterocycles. The largest absolute Gasteiger partial charge is 0.376 e. The normalized spacial score (nSPS) is 11.0. The maximum atomic E-state index is 5.46. The minimum atomic E-state index is 0.262. The molecule has 0 amide bonds. The summed E-state index contributed by atoms with van der Waals surface area (Å²) in [6, 6.07) is 14.2. The van der Waals surface area contributed by atoms with Gasteiger partial charge in [0.2, 0.25) is 0 Å². The van der Waals surface area contributed by atoms with E-state index in [1.165, 1.54) is 5.56 Å². The maximum Gasteiger partial charge on any atom is 0.168 e. The van der Waals surface area contributed by atoms with Gasteiger partial charge in [0.1, 0.15) is 5.82 Å². The van der Waals surface area contributed by atoms with E-state index in [1.54, 1.807) is 0 Å². The topological polar surface area (TPSA) is 66.7 Å². The molecule has 0 spiro atoms. The van der Waals surface area contributed by atoms with Crippen LogP contribution in [0, 0.1) is 0 Å². The Hall–Kier alpha value is -2.40. The molecule has 1 aromatic heterocycles. The van der Waals surface area contributed by atoms with E-state index in [1.807, 2.05) is 24.3 Å². The SMILES string of the molecule is CC(C)c1ccc2nc(-c3ccc(NC(N)=S)cc3)[nH]c2c1. The highest BCUT2D eigenvalue weighted by Crippen LogP contribution is 2.24. The number of nitrogens with zero attached hydrogens (tertiary/aromatic N) is 1. The van der Waals surface area contributed by atoms with Gasteiger partial charge in [0.25, 0.3) is 0 Å². The second-order valence-corrected chi connectivity index (χ2v) is 6.02. The number of nitrogens with two attached hydrogens (primary N) is 1. The molecule has 0 saturated heterocycles. The van der Waals surface area contributed by atoms with E-state index >= 15 is 0 Å². The van der Waals surface area contributed by atoms with Crippen LogP contribution in [0.5, 0.6) is 0 Å². The van der Waals surface area contributed by atoms with Crippen molar-refractivity contribution in [3.8, 4) is 11.4 Å². The van der Waals surface area contributed by atoms with Crippen LogP contribution in [0.3, 0.4) is 0 Å². The average molecular weight is 310 g/mol. The first-order valence-electron chi connectivity index (χ1n) is 7.19. The summed E-state index contributed by atoms with van der Waals surface area (Å²) in [5.41, 5.74) is 10.7. The van der Waals surface area contributed by atoms with Crippen LogP contribution in [0.4, 0.5) is 5.69 Å². The number of hydrogen-bond acceptors (Lipinski definition) is 2. The lowest BCUT2D eigenvalue weighted by Gasteiger charge is -2.04. The Labute approximate surface area is 134 Å². The van der Waals surface area contributed by atoms with Crippen molar-refractivity contribution in [1.82, 2.24) is 9.97 Å². The highest BCUT2D eigenvalue weighted by Gasteiger charge is 2.07. The summed E-state index contributed by atoms with van der Waals surface area (Å²) >= 11 is 4.83. The number of imidazole rings is 1. The number of benzene rings is 2. The molecule has 2 aromatic carbocycles. The summed E-state index contributed by atoms with van der Waals surface area (Å²) in [5, 5.41) is 3.17. The second kappa shape index (κ2) is 5.77. The third kappa shape index (κ3) is 2.94. The van der Waals surface area contributed by atoms with Crippen LogP contribution >= 0.6 is 12.2 Å². The van der Waals surface area contributed by atoms with E-state index in [9.17, 15) is 0 Å². The number of anilines is 1. The van der Waals surface area contributed by atoms with Gasteiger partial charge in [0, 0.05) is 11.3 Å². The molecule has 0 atom stereocenters. The number of rotatable bonds is 3. The molecule has 0 aliphatic rings. The number of hydrogen-bond donors (Lipinski definition) is 3. The van der Waals surface area contributed by atoms with Crippen LogP contribution in [-0.4, -0.2) is 15.1 Å². The van der Waals surface area contributed by atoms with Gasteiger partial charge in [-0.2, -0.15) is 0 Å². The van der Waals surface area contributed by atoms with Gasteiger partial charge in [-0.1, -0.05) is 19.9 Å². The molecular weight excluding hydrogens is 292 g/mol. The number of aromatic nitrogens is 2. The van der Waals surface area contributed by atoms with Crippen molar-refractivity contribution in [2.75, 3.05) is 5.32 Å². The molecule has 0 fully saturated rings. The quantitative estimate of drug-likeness (QED) is 0.639. The van der Waals surface area contributed by atoms with E-state index in [2.05, 4.69) is 47.3 Å². The van der Waals surface area contributed by atoms with E-state index in [0.29, 0.717) is 5.92 Å². The fourth-order valence-corrected chi connectivity index (χ4v) is 2.49. The predicted octanol–water partition coefficient (Wildman–Crippen LogP) is 4.01. The Morgan fingerprint density at radius 3 is 2.55 bits per heavy atom. The number of aromatic amines is 1. The third-order valence-corrected chi connectivity index (χ3v) is 3.70. The summed E-state index contributed by atoms with van der Waals surface area (Å²) in [6.45, 7) is 4.37. The molecule has 0 bridgehead atoms. The molecule has 112 valence electrons. The summed E-state index contributed by atoms with van der Waals surface area (Å²) in [7, 11) is 0. The fourth-order valence-electron chi connectivity index (χ4n) is 2.38. The zero-order valence-corrected chi connectivity index (χ0v) is 13.4. The lowest BCUT2D eigenvalue weighted by molar-refractivity contribution is 0.868. The zero-order valence-electron chi connectivity index (χ0n) is 12.6. The van der Waals surface area contributed by atoms with Crippen molar-refractivity contribution in [3.05, 3.63) is 48.0 Å². The van der Waals surface area contributed by atoms with Crippen LogP contribution in [-0.2, 0) is 0 Å². The Bertz CT molecular complexity index is 818. The lowest BCUT2D eigenvalue weighted by Crippen LogP contribution is -2.18. The molecule has 5 heteroatoms. The Balaban J connectivity index is 1.94. The molecule has 22 heavy (non-hydrogen) atoms.